The van der Waals surface area contributed by atoms with Gasteiger partial charge in [-0.15, -0.1) is 0 Å². The summed E-state index contributed by atoms with van der Waals surface area (Å²) < 4.78 is 0. The fraction of sp³-hybridized carbons (Fsp3) is 0.846. The molecule has 0 aromatic rings. The van der Waals surface area contributed by atoms with Crippen LogP contribution in [0.1, 0.15) is 46.0 Å². The zero-order chi connectivity index (χ0) is 13.5. The standard InChI is InChI=1S/C13H24N2O3/c1-3-5-10-7-8-15(9-10)13(18)14-11(6-4-2)12(16)17/h10-11H,3-9H2,1-2H3,(H,14,18)(H,16,17). The molecule has 1 aliphatic heterocycles. The first kappa shape index (κ1) is 14.8. The Morgan fingerprint density at radius 1 is 1.39 bits per heavy atom. The van der Waals surface area contributed by atoms with Crippen LogP contribution in [-0.4, -0.2) is 41.1 Å². The molecule has 1 heterocycles. The lowest BCUT2D eigenvalue weighted by Gasteiger charge is -2.20. The van der Waals surface area contributed by atoms with Crippen molar-refractivity contribution in [3.63, 3.8) is 0 Å². The molecule has 2 atom stereocenters. The molecule has 2 N–H and O–H groups in total. The third-order valence-electron chi connectivity index (χ3n) is 3.44. The molecule has 1 rings (SSSR count). The number of urea groups is 1. The van der Waals surface area contributed by atoms with Crippen molar-refractivity contribution in [1.82, 2.24) is 10.2 Å². The Morgan fingerprint density at radius 3 is 2.67 bits per heavy atom. The minimum atomic E-state index is -0.950. The monoisotopic (exact) mass is 256 g/mol. The van der Waals surface area contributed by atoms with Crippen molar-refractivity contribution in [3.05, 3.63) is 0 Å². The van der Waals surface area contributed by atoms with E-state index in [1.165, 1.54) is 0 Å². The van der Waals surface area contributed by atoms with Gasteiger partial charge < -0.3 is 15.3 Å². The van der Waals surface area contributed by atoms with Crippen molar-refractivity contribution < 1.29 is 14.7 Å². The van der Waals surface area contributed by atoms with E-state index in [9.17, 15) is 9.59 Å². The lowest BCUT2D eigenvalue weighted by atomic mass is 10.0. The minimum Gasteiger partial charge on any atom is -0.480 e. The number of nitrogens with zero attached hydrogens (tertiary/aromatic N) is 1. The quantitative estimate of drug-likeness (QED) is 0.764. The van der Waals surface area contributed by atoms with Crippen LogP contribution < -0.4 is 5.32 Å². The van der Waals surface area contributed by atoms with E-state index in [4.69, 9.17) is 5.11 Å². The summed E-state index contributed by atoms with van der Waals surface area (Å²) in [7, 11) is 0. The highest BCUT2D eigenvalue weighted by molar-refractivity contribution is 5.82. The molecule has 104 valence electrons. The zero-order valence-electron chi connectivity index (χ0n) is 11.3. The summed E-state index contributed by atoms with van der Waals surface area (Å²) in [5.41, 5.74) is 0. The molecule has 0 aromatic carbocycles. The molecule has 1 fully saturated rings. The number of carbonyl (C=O) groups excluding carboxylic acids is 1. The SMILES string of the molecule is CCCC1CCN(C(=O)NC(CCC)C(=O)O)C1. The van der Waals surface area contributed by atoms with E-state index in [1.807, 2.05) is 6.92 Å². The van der Waals surface area contributed by atoms with Gasteiger partial charge in [-0.2, -0.15) is 0 Å². The Balaban J connectivity index is 2.42. The zero-order valence-corrected chi connectivity index (χ0v) is 11.3. The van der Waals surface area contributed by atoms with E-state index >= 15 is 0 Å². The van der Waals surface area contributed by atoms with Crippen LogP contribution in [0.25, 0.3) is 0 Å². The Morgan fingerprint density at radius 2 is 2.11 bits per heavy atom. The molecule has 0 bridgehead atoms. The van der Waals surface area contributed by atoms with Crippen molar-refractivity contribution in [2.75, 3.05) is 13.1 Å². The molecular formula is C13H24N2O3. The molecule has 0 aliphatic carbocycles. The van der Waals surface area contributed by atoms with E-state index in [0.717, 1.165) is 38.8 Å². The van der Waals surface area contributed by atoms with Gasteiger partial charge in [-0.3, -0.25) is 0 Å². The Hall–Kier alpha value is -1.26. The highest BCUT2D eigenvalue weighted by Crippen LogP contribution is 2.20. The number of carboxylic acids is 1. The first-order valence-corrected chi connectivity index (χ1v) is 6.86. The van der Waals surface area contributed by atoms with Gasteiger partial charge in [-0.05, 0) is 25.2 Å². The van der Waals surface area contributed by atoms with Gasteiger partial charge in [0.05, 0.1) is 0 Å². The lowest BCUT2D eigenvalue weighted by Crippen LogP contribution is -2.47. The second-order valence-corrected chi connectivity index (χ2v) is 5.02. The van der Waals surface area contributed by atoms with Crippen LogP contribution >= 0.6 is 0 Å². The van der Waals surface area contributed by atoms with Crippen molar-refractivity contribution in [1.29, 1.82) is 0 Å². The van der Waals surface area contributed by atoms with Crippen LogP contribution in [0.5, 0.6) is 0 Å². The minimum absolute atomic E-state index is 0.227. The normalized spacial score (nSPS) is 20.8. The number of amides is 2. The smallest absolute Gasteiger partial charge is 0.326 e. The number of carboxylic acid groups (broad SMARTS) is 1. The maximum Gasteiger partial charge on any atom is 0.326 e. The van der Waals surface area contributed by atoms with Gasteiger partial charge in [0.2, 0.25) is 0 Å². The van der Waals surface area contributed by atoms with Crippen LogP contribution in [0.3, 0.4) is 0 Å². The summed E-state index contributed by atoms with van der Waals surface area (Å²) in [6, 6.07) is -0.984. The number of rotatable bonds is 6. The van der Waals surface area contributed by atoms with Gasteiger partial charge >= 0.3 is 12.0 Å². The Bertz CT molecular complexity index is 294. The van der Waals surface area contributed by atoms with Crippen LogP contribution in [0.2, 0.25) is 0 Å². The number of hydrogen-bond donors (Lipinski definition) is 2. The van der Waals surface area contributed by atoms with Gasteiger partial charge in [-0.1, -0.05) is 26.7 Å². The van der Waals surface area contributed by atoms with Crippen LogP contribution in [-0.2, 0) is 4.79 Å². The van der Waals surface area contributed by atoms with Crippen LogP contribution in [0, 0.1) is 5.92 Å². The first-order valence-electron chi connectivity index (χ1n) is 6.86. The predicted octanol–water partition coefficient (Wildman–Crippen LogP) is 2.07. The number of hydrogen-bond acceptors (Lipinski definition) is 2. The second-order valence-electron chi connectivity index (χ2n) is 5.02. The van der Waals surface area contributed by atoms with E-state index in [2.05, 4.69) is 12.2 Å². The predicted molar refractivity (Wildman–Crippen MR) is 69.5 cm³/mol. The van der Waals surface area contributed by atoms with Crippen molar-refractivity contribution in [2.45, 2.75) is 52.0 Å². The fourth-order valence-electron chi connectivity index (χ4n) is 2.45. The van der Waals surface area contributed by atoms with Crippen molar-refractivity contribution >= 4 is 12.0 Å². The highest BCUT2D eigenvalue weighted by Gasteiger charge is 2.28. The number of likely N-dealkylation sites (tertiary alicyclic amines) is 1. The third kappa shape index (κ3) is 4.20. The summed E-state index contributed by atoms with van der Waals surface area (Å²) >= 11 is 0. The lowest BCUT2D eigenvalue weighted by molar-refractivity contribution is -0.139. The van der Waals surface area contributed by atoms with Gasteiger partial charge in [-0.25, -0.2) is 9.59 Å². The fourth-order valence-corrected chi connectivity index (χ4v) is 2.45. The van der Waals surface area contributed by atoms with Gasteiger partial charge in [0.15, 0.2) is 0 Å². The summed E-state index contributed by atoms with van der Waals surface area (Å²) in [5.74, 6) is -0.371. The number of aliphatic carboxylic acids is 1. The third-order valence-corrected chi connectivity index (χ3v) is 3.44. The van der Waals surface area contributed by atoms with Gasteiger partial charge in [0, 0.05) is 13.1 Å². The molecule has 0 radical (unpaired) electrons. The molecule has 5 nitrogen and oxygen atoms in total. The molecule has 0 spiro atoms. The average Bonchev–Trinajstić information content (AvgIpc) is 2.77. The number of carbonyl (C=O) groups is 2. The summed E-state index contributed by atoms with van der Waals surface area (Å²) in [5, 5.41) is 11.6. The van der Waals surface area contributed by atoms with Crippen molar-refractivity contribution in [2.24, 2.45) is 5.92 Å². The molecule has 1 aliphatic rings. The molecule has 2 unspecified atom stereocenters. The van der Waals surface area contributed by atoms with Crippen LogP contribution in [0.15, 0.2) is 0 Å². The van der Waals surface area contributed by atoms with Crippen LogP contribution in [0.4, 0.5) is 4.79 Å². The molecular weight excluding hydrogens is 232 g/mol. The molecule has 0 saturated carbocycles. The number of nitrogens with one attached hydrogen (secondary N) is 1. The van der Waals surface area contributed by atoms with Crippen molar-refractivity contribution in [3.8, 4) is 0 Å². The van der Waals surface area contributed by atoms with E-state index in [-0.39, 0.29) is 6.03 Å². The van der Waals surface area contributed by atoms with E-state index < -0.39 is 12.0 Å². The summed E-state index contributed by atoms with van der Waals surface area (Å²) in [4.78, 5) is 24.7. The topological polar surface area (TPSA) is 69.6 Å². The van der Waals surface area contributed by atoms with E-state index in [0.29, 0.717) is 12.3 Å². The average molecular weight is 256 g/mol. The molecule has 5 heteroatoms. The van der Waals surface area contributed by atoms with E-state index in [1.54, 1.807) is 4.90 Å². The Labute approximate surface area is 109 Å². The largest absolute Gasteiger partial charge is 0.480 e. The first-order chi connectivity index (χ1) is 8.58. The Kier molecular flexibility index (Phi) is 5.95. The molecule has 0 aromatic heterocycles. The van der Waals surface area contributed by atoms with Gasteiger partial charge in [0.1, 0.15) is 6.04 Å². The maximum atomic E-state index is 11.9. The molecule has 18 heavy (non-hydrogen) atoms. The second kappa shape index (κ2) is 7.24. The molecule has 1 saturated heterocycles. The summed E-state index contributed by atoms with van der Waals surface area (Å²) in [6.07, 6.45) is 4.53. The molecule has 2 amide bonds. The van der Waals surface area contributed by atoms with Gasteiger partial charge in [0.25, 0.3) is 0 Å². The highest BCUT2D eigenvalue weighted by atomic mass is 16.4. The maximum absolute atomic E-state index is 11.9. The summed E-state index contributed by atoms with van der Waals surface area (Å²) in [6.45, 7) is 5.56.